The molecule has 0 amide bonds. The van der Waals surface area contributed by atoms with E-state index in [2.05, 4.69) is 0 Å². The zero-order chi connectivity index (χ0) is 20.3. The van der Waals surface area contributed by atoms with Gasteiger partial charge in [-0.05, 0) is 12.1 Å². The molecule has 154 valence electrons. The zero-order valence-corrected chi connectivity index (χ0v) is 16.2. The number of esters is 2. The molecule has 0 aromatic heterocycles. The zero-order valence-electron chi connectivity index (χ0n) is 16.2. The molecule has 0 saturated carbocycles. The summed E-state index contributed by atoms with van der Waals surface area (Å²) < 4.78 is 38.9. The van der Waals surface area contributed by atoms with Gasteiger partial charge in [0, 0.05) is 26.5 Å². The molecule has 0 radical (unpaired) electrons. The largest absolute Gasteiger partial charge is 0.497 e. The summed E-state index contributed by atoms with van der Waals surface area (Å²) in [4.78, 5) is 23.2. The average molecular weight is 396 g/mol. The first-order valence-corrected chi connectivity index (χ1v) is 8.86. The highest BCUT2D eigenvalue weighted by Crippen LogP contribution is 2.36. The van der Waals surface area contributed by atoms with Crippen molar-refractivity contribution >= 4 is 11.9 Å². The van der Waals surface area contributed by atoms with Crippen LogP contribution in [0.2, 0.25) is 0 Å². The summed E-state index contributed by atoms with van der Waals surface area (Å²) in [5.74, 6) is -0.382. The number of methoxy groups -OCH3 is 2. The number of carbonyl (C=O) groups is 2. The number of hydrogen-bond donors (Lipinski definition) is 0. The lowest BCUT2D eigenvalue weighted by atomic mass is 9.97. The highest BCUT2D eigenvalue weighted by molar-refractivity contribution is 5.67. The smallest absolute Gasteiger partial charge is 0.303 e. The molecule has 0 N–H and O–H groups in total. The maximum Gasteiger partial charge on any atom is 0.303 e. The van der Waals surface area contributed by atoms with Gasteiger partial charge in [0.2, 0.25) is 0 Å². The first-order valence-electron chi connectivity index (χ1n) is 8.86. The molecule has 3 rings (SSSR count). The molecule has 6 atom stereocenters. The Morgan fingerprint density at radius 2 is 1.61 bits per heavy atom. The Kier molecular flexibility index (Phi) is 6.50. The second-order valence-corrected chi connectivity index (χ2v) is 6.47. The van der Waals surface area contributed by atoms with E-state index < -0.39 is 48.9 Å². The lowest BCUT2D eigenvalue weighted by Crippen LogP contribution is -2.64. The van der Waals surface area contributed by atoms with E-state index in [1.54, 1.807) is 19.2 Å². The number of rotatable bonds is 5. The summed E-state index contributed by atoms with van der Waals surface area (Å²) in [6.07, 6.45) is -4.77. The van der Waals surface area contributed by atoms with Crippen LogP contribution in [-0.2, 0) is 38.0 Å². The third kappa shape index (κ3) is 4.44. The van der Waals surface area contributed by atoms with Crippen molar-refractivity contribution in [2.45, 2.75) is 50.8 Å². The van der Waals surface area contributed by atoms with Crippen molar-refractivity contribution in [2.24, 2.45) is 0 Å². The Bertz CT molecular complexity index is 689. The maximum absolute atomic E-state index is 11.7. The van der Waals surface area contributed by atoms with Gasteiger partial charge in [-0.1, -0.05) is 12.1 Å². The van der Waals surface area contributed by atoms with Crippen molar-refractivity contribution in [2.75, 3.05) is 20.8 Å². The number of benzene rings is 1. The summed E-state index contributed by atoms with van der Waals surface area (Å²) >= 11 is 0. The Morgan fingerprint density at radius 3 is 2.18 bits per heavy atom. The predicted octanol–water partition coefficient (Wildman–Crippen LogP) is 1.34. The summed E-state index contributed by atoms with van der Waals surface area (Å²) in [5.41, 5.74) is 0.763. The van der Waals surface area contributed by atoms with E-state index in [0.717, 1.165) is 5.56 Å². The average Bonchev–Trinajstić information content (AvgIpc) is 2.68. The summed E-state index contributed by atoms with van der Waals surface area (Å²) in [7, 11) is 2.99. The van der Waals surface area contributed by atoms with Crippen LogP contribution in [-0.4, -0.2) is 63.5 Å². The van der Waals surface area contributed by atoms with Gasteiger partial charge in [0.15, 0.2) is 24.8 Å². The van der Waals surface area contributed by atoms with Crippen LogP contribution in [0, 0.1) is 0 Å². The van der Waals surface area contributed by atoms with E-state index in [-0.39, 0.29) is 6.61 Å². The van der Waals surface area contributed by atoms with E-state index in [0.29, 0.717) is 5.75 Å². The normalized spacial score (nSPS) is 32.1. The van der Waals surface area contributed by atoms with Gasteiger partial charge in [-0.2, -0.15) is 0 Å². The van der Waals surface area contributed by atoms with E-state index in [9.17, 15) is 9.59 Å². The molecule has 2 aliphatic rings. The Morgan fingerprint density at radius 1 is 0.964 bits per heavy atom. The van der Waals surface area contributed by atoms with Crippen molar-refractivity contribution in [3.8, 4) is 5.75 Å². The Balaban J connectivity index is 1.84. The van der Waals surface area contributed by atoms with Gasteiger partial charge in [0.05, 0.1) is 13.7 Å². The number of carbonyl (C=O) groups excluding carboxylic acids is 2. The van der Waals surface area contributed by atoms with E-state index in [4.69, 9.17) is 33.2 Å². The summed E-state index contributed by atoms with van der Waals surface area (Å²) in [5, 5.41) is 0. The van der Waals surface area contributed by atoms with E-state index in [1.165, 1.54) is 21.0 Å². The fourth-order valence-electron chi connectivity index (χ4n) is 3.31. The number of hydrogen-bond acceptors (Lipinski definition) is 9. The van der Waals surface area contributed by atoms with Crippen molar-refractivity contribution in [1.82, 2.24) is 0 Å². The first kappa shape index (κ1) is 20.5. The SMILES string of the molecule is COc1ccc(C2OCC3O[C@H](OC)C(OC(C)=O)[C@H](OC(C)=O)[C@@H]3O2)cc1. The molecule has 2 heterocycles. The van der Waals surface area contributed by atoms with Crippen LogP contribution in [0.4, 0.5) is 0 Å². The molecule has 2 fully saturated rings. The van der Waals surface area contributed by atoms with Crippen LogP contribution in [0.25, 0.3) is 0 Å². The maximum atomic E-state index is 11.7. The summed E-state index contributed by atoms with van der Waals surface area (Å²) in [6, 6.07) is 7.21. The molecule has 9 heteroatoms. The van der Waals surface area contributed by atoms with Gasteiger partial charge >= 0.3 is 11.9 Å². The second-order valence-electron chi connectivity index (χ2n) is 6.47. The van der Waals surface area contributed by atoms with Crippen LogP contribution >= 0.6 is 0 Å². The van der Waals surface area contributed by atoms with Crippen LogP contribution < -0.4 is 4.74 Å². The molecule has 0 aliphatic carbocycles. The quantitative estimate of drug-likeness (QED) is 0.683. The van der Waals surface area contributed by atoms with Gasteiger partial charge in [0.1, 0.15) is 18.0 Å². The topological polar surface area (TPSA) is 98.8 Å². The molecule has 0 spiro atoms. The van der Waals surface area contributed by atoms with Crippen LogP contribution in [0.3, 0.4) is 0 Å². The lowest BCUT2D eigenvalue weighted by molar-refractivity contribution is -0.359. The van der Waals surface area contributed by atoms with E-state index >= 15 is 0 Å². The summed E-state index contributed by atoms with van der Waals surface area (Å²) in [6.45, 7) is 2.72. The molecule has 1 aromatic rings. The fraction of sp³-hybridized carbons (Fsp3) is 0.579. The molecule has 2 saturated heterocycles. The fourth-order valence-corrected chi connectivity index (χ4v) is 3.31. The van der Waals surface area contributed by atoms with Crippen molar-refractivity contribution in [3.63, 3.8) is 0 Å². The molecule has 0 bridgehead atoms. The van der Waals surface area contributed by atoms with E-state index in [1.807, 2.05) is 12.1 Å². The number of ether oxygens (including phenoxy) is 7. The van der Waals surface area contributed by atoms with Gasteiger partial charge in [-0.3, -0.25) is 9.59 Å². The lowest BCUT2D eigenvalue weighted by Gasteiger charge is -2.47. The highest BCUT2D eigenvalue weighted by atomic mass is 16.8. The standard InChI is InChI=1S/C19H24O9/c1-10(20)25-16-15-14(27-19(23-4)17(16)26-11(2)21)9-24-18(28-15)12-5-7-13(22-3)8-6-12/h5-8,14-19H,9H2,1-4H3/t14?,15-,16-,17?,18?,19+/m1/s1. The second kappa shape index (κ2) is 8.87. The molecule has 3 unspecified atom stereocenters. The van der Waals surface area contributed by atoms with Gasteiger partial charge in [-0.25, -0.2) is 0 Å². The van der Waals surface area contributed by atoms with Crippen LogP contribution in [0.15, 0.2) is 24.3 Å². The Labute approximate surface area is 162 Å². The third-order valence-electron chi connectivity index (χ3n) is 4.51. The molecular formula is C19H24O9. The van der Waals surface area contributed by atoms with Crippen molar-refractivity contribution in [3.05, 3.63) is 29.8 Å². The number of fused-ring (bicyclic) bond motifs is 1. The third-order valence-corrected chi connectivity index (χ3v) is 4.51. The minimum absolute atomic E-state index is 0.186. The van der Waals surface area contributed by atoms with Gasteiger partial charge in [0.25, 0.3) is 0 Å². The van der Waals surface area contributed by atoms with Crippen molar-refractivity contribution < 1.29 is 42.7 Å². The van der Waals surface area contributed by atoms with Gasteiger partial charge < -0.3 is 33.2 Å². The predicted molar refractivity (Wildman–Crippen MR) is 93.3 cm³/mol. The first-order chi connectivity index (χ1) is 13.4. The molecule has 9 nitrogen and oxygen atoms in total. The molecule has 2 aliphatic heterocycles. The van der Waals surface area contributed by atoms with Crippen molar-refractivity contribution in [1.29, 1.82) is 0 Å². The van der Waals surface area contributed by atoms with Gasteiger partial charge in [-0.15, -0.1) is 0 Å². The monoisotopic (exact) mass is 396 g/mol. The van der Waals surface area contributed by atoms with Crippen LogP contribution in [0.5, 0.6) is 5.75 Å². The minimum Gasteiger partial charge on any atom is -0.497 e. The molecule has 28 heavy (non-hydrogen) atoms. The molecule has 1 aromatic carbocycles. The Hall–Kier alpha value is -2.20. The highest BCUT2D eigenvalue weighted by Gasteiger charge is 2.53. The molecular weight excluding hydrogens is 372 g/mol. The minimum atomic E-state index is -0.970. The van der Waals surface area contributed by atoms with Crippen LogP contribution in [0.1, 0.15) is 25.7 Å².